The van der Waals surface area contributed by atoms with Crippen LogP contribution in [0.25, 0.3) is 0 Å². The predicted octanol–water partition coefficient (Wildman–Crippen LogP) is 2.41. The second kappa shape index (κ2) is 6.44. The Labute approximate surface area is 133 Å². The van der Waals surface area contributed by atoms with Gasteiger partial charge in [0, 0.05) is 30.6 Å². The first-order valence-electron chi connectivity index (χ1n) is 7.60. The van der Waals surface area contributed by atoms with Crippen LogP contribution in [-0.4, -0.2) is 33.9 Å². The number of rotatable bonds is 3. The number of pyridine rings is 1. The molecule has 116 valence electrons. The van der Waals surface area contributed by atoms with Crippen molar-refractivity contribution in [1.82, 2.24) is 14.9 Å². The van der Waals surface area contributed by atoms with Crippen LogP contribution in [0.4, 0.5) is 0 Å². The summed E-state index contributed by atoms with van der Waals surface area (Å²) in [5.41, 5.74) is 1.01. The number of amides is 1. The average Bonchev–Trinajstić information content (AvgIpc) is 3.04. The topological polar surface area (TPSA) is 66.1 Å². The third kappa shape index (κ3) is 2.97. The Hall–Kier alpha value is -1.95. The number of piperidine rings is 1. The smallest absolute Gasteiger partial charge is 0.260 e. The molecule has 6 heteroatoms. The molecule has 0 spiro atoms. The summed E-state index contributed by atoms with van der Waals surface area (Å²) in [7, 11) is 0. The van der Waals surface area contributed by atoms with E-state index in [1.54, 1.807) is 34.6 Å². The Morgan fingerprint density at radius 2 is 2.41 bits per heavy atom. The van der Waals surface area contributed by atoms with Crippen molar-refractivity contribution in [2.24, 2.45) is 0 Å². The van der Waals surface area contributed by atoms with Gasteiger partial charge in [0.15, 0.2) is 0 Å². The number of nitrogens with zero attached hydrogens (tertiary/aromatic N) is 2. The SMILES string of the molecule is CCc1csc([C@H]2CCCN(C(=O)c3ccc[nH]c3=O)C2)n1. The van der Waals surface area contributed by atoms with Gasteiger partial charge < -0.3 is 9.88 Å². The van der Waals surface area contributed by atoms with Crippen LogP contribution < -0.4 is 5.56 Å². The molecule has 2 aromatic heterocycles. The number of aromatic amines is 1. The number of nitrogens with one attached hydrogen (secondary N) is 1. The Morgan fingerprint density at radius 1 is 1.55 bits per heavy atom. The molecular formula is C16H19N3O2S. The van der Waals surface area contributed by atoms with Crippen LogP contribution in [0.2, 0.25) is 0 Å². The zero-order chi connectivity index (χ0) is 15.5. The van der Waals surface area contributed by atoms with Crippen molar-refractivity contribution in [3.8, 4) is 0 Å². The van der Waals surface area contributed by atoms with Gasteiger partial charge in [0.1, 0.15) is 5.56 Å². The molecule has 0 saturated carbocycles. The largest absolute Gasteiger partial charge is 0.338 e. The van der Waals surface area contributed by atoms with Crippen LogP contribution in [0.15, 0.2) is 28.5 Å². The first kappa shape index (κ1) is 15.0. The van der Waals surface area contributed by atoms with Gasteiger partial charge in [0.25, 0.3) is 11.5 Å². The quantitative estimate of drug-likeness (QED) is 0.945. The summed E-state index contributed by atoms with van der Waals surface area (Å²) in [5.74, 6) is 0.101. The van der Waals surface area contributed by atoms with E-state index >= 15 is 0 Å². The van der Waals surface area contributed by atoms with Crippen LogP contribution in [0.5, 0.6) is 0 Å². The summed E-state index contributed by atoms with van der Waals surface area (Å²) >= 11 is 1.68. The molecule has 0 unspecified atom stereocenters. The third-order valence-corrected chi connectivity index (χ3v) is 5.09. The Kier molecular flexibility index (Phi) is 4.38. The molecule has 1 N–H and O–H groups in total. The first-order valence-corrected chi connectivity index (χ1v) is 8.48. The average molecular weight is 317 g/mol. The molecule has 2 aromatic rings. The van der Waals surface area contributed by atoms with E-state index in [0.29, 0.717) is 13.1 Å². The van der Waals surface area contributed by atoms with Gasteiger partial charge in [-0.2, -0.15) is 0 Å². The molecule has 1 aliphatic heterocycles. The number of H-pyrrole nitrogens is 1. The zero-order valence-corrected chi connectivity index (χ0v) is 13.4. The number of thiazole rings is 1. The summed E-state index contributed by atoms with van der Waals surface area (Å²) in [6.07, 6.45) is 4.47. The maximum Gasteiger partial charge on any atom is 0.260 e. The fraction of sp³-hybridized carbons (Fsp3) is 0.438. The summed E-state index contributed by atoms with van der Waals surface area (Å²) in [6, 6.07) is 3.27. The van der Waals surface area contributed by atoms with Crippen molar-refractivity contribution in [2.75, 3.05) is 13.1 Å². The van der Waals surface area contributed by atoms with E-state index in [1.807, 2.05) is 0 Å². The van der Waals surface area contributed by atoms with E-state index in [-0.39, 0.29) is 22.9 Å². The minimum atomic E-state index is -0.322. The van der Waals surface area contributed by atoms with Crippen molar-refractivity contribution < 1.29 is 4.79 Å². The Morgan fingerprint density at radius 3 is 3.14 bits per heavy atom. The molecule has 22 heavy (non-hydrogen) atoms. The van der Waals surface area contributed by atoms with Crippen LogP contribution in [0, 0.1) is 0 Å². The van der Waals surface area contributed by atoms with Gasteiger partial charge in [-0.25, -0.2) is 4.98 Å². The Balaban J connectivity index is 1.77. The Bertz CT molecular complexity index is 722. The zero-order valence-electron chi connectivity index (χ0n) is 12.5. The van der Waals surface area contributed by atoms with Crippen molar-refractivity contribution >= 4 is 17.2 Å². The fourth-order valence-electron chi connectivity index (χ4n) is 2.80. The molecule has 3 heterocycles. The van der Waals surface area contributed by atoms with Gasteiger partial charge in [-0.3, -0.25) is 9.59 Å². The lowest BCUT2D eigenvalue weighted by Gasteiger charge is -2.31. The van der Waals surface area contributed by atoms with Crippen molar-refractivity contribution in [1.29, 1.82) is 0 Å². The van der Waals surface area contributed by atoms with Crippen LogP contribution in [0.1, 0.15) is 46.7 Å². The molecule has 1 amide bonds. The summed E-state index contributed by atoms with van der Waals surface area (Å²) in [6.45, 7) is 3.44. The highest BCUT2D eigenvalue weighted by molar-refractivity contribution is 7.09. The lowest BCUT2D eigenvalue weighted by molar-refractivity contribution is 0.0705. The monoisotopic (exact) mass is 317 g/mol. The standard InChI is InChI=1S/C16H19N3O2S/c1-2-12-10-22-15(18-12)11-5-4-8-19(9-11)16(21)13-6-3-7-17-14(13)20/h3,6-7,10-11H,2,4-5,8-9H2,1H3,(H,17,20)/t11-/m0/s1. The molecular weight excluding hydrogens is 298 g/mol. The molecule has 0 aliphatic carbocycles. The summed E-state index contributed by atoms with van der Waals surface area (Å²) < 4.78 is 0. The van der Waals surface area contributed by atoms with Gasteiger partial charge in [-0.05, 0) is 31.4 Å². The van der Waals surface area contributed by atoms with Gasteiger partial charge >= 0.3 is 0 Å². The van der Waals surface area contributed by atoms with Crippen molar-refractivity contribution in [3.05, 3.63) is 50.3 Å². The molecule has 0 aromatic carbocycles. The normalized spacial score (nSPS) is 18.4. The van der Waals surface area contributed by atoms with E-state index in [9.17, 15) is 9.59 Å². The lowest BCUT2D eigenvalue weighted by Crippen LogP contribution is -2.41. The summed E-state index contributed by atoms with van der Waals surface area (Å²) in [5, 5.41) is 3.20. The highest BCUT2D eigenvalue weighted by Crippen LogP contribution is 2.29. The van der Waals surface area contributed by atoms with Crippen molar-refractivity contribution in [3.63, 3.8) is 0 Å². The van der Waals surface area contributed by atoms with Crippen LogP contribution in [-0.2, 0) is 6.42 Å². The molecule has 5 nitrogen and oxygen atoms in total. The molecule has 1 fully saturated rings. The molecule has 1 atom stereocenters. The predicted molar refractivity (Wildman–Crippen MR) is 86.4 cm³/mol. The number of aryl methyl sites for hydroxylation is 1. The first-order chi connectivity index (χ1) is 10.7. The van der Waals surface area contributed by atoms with E-state index in [2.05, 4.69) is 22.3 Å². The van der Waals surface area contributed by atoms with Gasteiger partial charge in [-0.15, -0.1) is 11.3 Å². The van der Waals surface area contributed by atoms with Crippen LogP contribution in [0.3, 0.4) is 0 Å². The summed E-state index contributed by atoms with van der Waals surface area (Å²) in [4.78, 5) is 33.3. The van der Waals surface area contributed by atoms with Crippen molar-refractivity contribution in [2.45, 2.75) is 32.1 Å². The number of carbonyl (C=O) groups is 1. The molecule has 1 aliphatic rings. The third-order valence-electron chi connectivity index (χ3n) is 4.04. The minimum absolute atomic E-state index is 0.182. The van der Waals surface area contributed by atoms with E-state index in [4.69, 9.17) is 0 Å². The maximum atomic E-state index is 12.5. The number of hydrogen-bond donors (Lipinski definition) is 1. The second-order valence-electron chi connectivity index (χ2n) is 5.53. The van der Waals surface area contributed by atoms with Gasteiger partial charge in [0.2, 0.25) is 0 Å². The maximum absolute atomic E-state index is 12.5. The lowest BCUT2D eigenvalue weighted by atomic mass is 9.98. The minimum Gasteiger partial charge on any atom is -0.338 e. The fourth-order valence-corrected chi connectivity index (χ4v) is 3.83. The molecule has 1 saturated heterocycles. The van der Waals surface area contributed by atoms with Crippen LogP contribution >= 0.6 is 11.3 Å². The van der Waals surface area contributed by atoms with E-state index < -0.39 is 0 Å². The highest BCUT2D eigenvalue weighted by Gasteiger charge is 2.28. The number of carbonyl (C=O) groups excluding carboxylic acids is 1. The number of likely N-dealkylation sites (tertiary alicyclic amines) is 1. The van der Waals surface area contributed by atoms with Gasteiger partial charge in [0.05, 0.1) is 10.7 Å². The molecule has 0 bridgehead atoms. The molecule has 0 radical (unpaired) electrons. The number of hydrogen-bond acceptors (Lipinski definition) is 4. The van der Waals surface area contributed by atoms with E-state index in [1.165, 1.54) is 0 Å². The molecule has 3 rings (SSSR count). The van der Waals surface area contributed by atoms with Gasteiger partial charge in [-0.1, -0.05) is 6.92 Å². The second-order valence-corrected chi connectivity index (χ2v) is 6.42. The van der Waals surface area contributed by atoms with E-state index in [0.717, 1.165) is 30.0 Å². The number of aromatic nitrogens is 2. The highest BCUT2D eigenvalue weighted by atomic mass is 32.1.